The normalized spacial score (nSPS) is 10.8. The molecule has 2 rings (SSSR count). The van der Waals surface area contributed by atoms with Gasteiger partial charge in [0.25, 0.3) is 0 Å². The van der Waals surface area contributed by atoms with E-state index in [9.17, 15) is 4.79 Å². The highest BCUT2D eigenvalue weighted by molar-refractivity contribution is 6.36. The fourth-order valence-corrected chi connectivity index (χ4v) is 2.66. The van der Waals surface area contributed by atoms with Crippen molar-refractivity contribution in [3.05, 3.63) is 57.1 Å². The Balaban J connectivity index is 2.00. The molecular weight excluding hydrogens is 377 g/mol. The lowest BCUT2D eigenvalue weighted by Gasteiger charge is -2.13. The molecule has 2 aromatic rings. The van der Waals surface area contributed by atoms with E-state index in [4.69, 9.17) is 38.4 Å². The highest BCUT2D eigenvalue weighted by Crippen LogP contribution is 2.31. The van der Waals surface area contributed by atoms with E-state index in [-0.39, 0.29) is 6.61 Å². The molecule has 0 radical (unpaired) electrons. The van der Waals surface area contributed by atoms with Crippen LogP contribution < -0.4 is 20.6 Å². The van der Waals surface area contributed by atoms with Crippen LogP contribution in [0.4, 0.5) is 4.79 Å². The third-order valence-corrected chi connectivity index (χ3v) is 3.99. The quantitative estimate of drug-likeness (QED) is 0.420. The van der Waals surface area contributed by atoms with Gasteiger partial charge >= 0.3 is 6.03 Å². The van der Waals surface area contributed by atoms with Crippen molar-refractivity contribution in [1.29, 1.82) is 0 Å². The first-order chi connectivity index (χ1) is 12.4. The maximum atomic E-state index is 10.7. The van der Waals surface area contributed by atoms with Crippen LogP contribution in [0.1, 0.15) is 16.7 Å². The smallest absolute Gasteiger partial charge is 0.332 e. The molecule has 0 spiro atoms. The summed E-state index contributed by atoms with van der Waals surface area (Å²) in [5, 5.41) is 4.43. The Morgan fingerprint density at radius 2 is 1.88 bits per heavy atom. The van der Waals surface area contributed by atoms with Gasteiger partial charge in [0.05, 0.1) is 11.2 Å². The number of nitrogens with two attached hydrogens (primary N) is 1. The van der Waals surface area contributed by atoms with Crippen LogP contribution >= 0.6 is 23.2 Å². The van der Waals surface area contributed by atoms with Crippen LogP contribution in [0.5, 0.6) is 11.5 Å². The lowest BCUT2D eigenvalue weighted by molar-refractivity contribution is 0.217. The van der Waals surface area contributed by atoms with E-state index in [1.807, 2.05) is 32.0 Å². The lowest BCUT2D eigenvalue weighted by atomic mass is 10.1. The van der Waals surface area contributed by atoms with Crippen LogP contribution in [-0.4, -0.2) is 25.5 Å². The topological polar surface area (TPSA) is 85.9 Å². The van der Waals surface area contributed by atoms with Crippen LogP contribution in [0.3, 0.4) is 0 Å². The van der Waals surface area contributed by atoms with Gasteiger partial charge in [-0.25, -0.2) is 10.2 Å². The molecule has 0 aliphatic carbocycles. The first kappa shape index (κ1) is 19.9. The highest BCUT2D eigenvalue weighted by atomic mass is 35.5. The summed E-state index contributed by atoms with van der Waals surface area (Å²) in [6.45, 7) is 4.66. The number of amides is 2. The summed E-state index contributed by atoms with van der Waals surface area (Å²) >= 11 is 12.2. The van der Waals surface area contributed by atoms with E-state index >= 15 is 0 Å². The maximum Gasteiger partial charge on any atom is 0.332 e. The molecule has 0 aromatic heterocycles. The zero-order chi connectivity index (χ0) is 19.1. The van der Waals surface area contributed by atoms with Gasteiger partial charge in [0.1, 0.15) is 24.7 Å². The monoisotopic (exact) mass is 395 g/mol. The van der Waals surface area contributed by atoms with Gasteiger partial charge in [0.15, 0.2) is 0 Å². The summed E-state index contributed by atoms with van der Waals surface area (Å²) < 4.78 is 11.4. The van der Waals surface area contributed by atoms with E-state index in [0.717, 1.165) is 11.3 Å². The van der Waals surface area contributed by atoms with Crippen molar-refractivity contribution < 1.29 is 14.3 Å². The number of hydrogen-bond donors (Lipinski definition) is 2. The maximum absolute atomic E-state index is 10.7. The minimum absolute atomic E-state index is 0.262. The molecule has 2 amide bonds. The number of benzene rings is 2. The zero-order valence-corrected chi connectivity index (χ0v) is 15.9. The van der Waals surface area contributed by atoms with E-state index in [1.165, 1.54) is 11.8 Å². The number of ether oxygens (including phenoxy) is 2. The number of halogens is 2. The number of urea groups is 1. The van der Waals surface area contributed by atoms with Gasteiger partial charge in [-0.1, -0.05) is 29.3 Å². The number of nitrogens with one attached hydrogen (secondary N) is 1. The van der Waals surface area contributed by atoms with Crippen molar-refractivity contribution in [2.24, 2.45) is 10.8 Å². The summed E-state index contributed by atoms with van der Waals surface area (Å²) in [6.07, 6.45) is 1.35. The average Bonchev–Trinajstić information content (AvgIpc) is 2.56. The third-order valence-electron chi connectivity index (χ3n) is 3.49. The van der Waals surface area contributed by atoms with Gasteiger partial charge in [-0.15, -0.1) is 0 Å². The summed E-state index contributed by atoms with van der Waals surface area (Å²) in [4.78, 5) is 10.7. The van der Waals surface area contributed by atoms with Crippen LogP contribution in [0.25, 0.3) is 0 Å². The number of hydrogen-bond acceptors (Lipinski definition) is 4. The predicted octanol–water partition coefficient (Wildman–Crippen LogP) is 4.07. The highest BCUT2D eigenvalue weighted by Gasteiger charge is 2.10. The number of primary amides is 1. The van der Waals surface area contributed by atoms with Gasteiger partial charge in [-0.2, -0.15) is 5.10 Å². The van der Waals surface area contributed by atoms with Crippen molar-refractivity contribution in [2.45, 2.75) is 13.8 Å². The summed E-state index contributed by atoms with van der Waals surface area (Å²) in [7, 11) is 0. The molecule has 26 heavy (non-hydrogen) atoms. The molecule has 0 saturated heterocycles. The van der Waals surface area contributed by atoms with Crippen molar-refractivity contribution >= 4 is 35.4 Å². The summed E-state index contributed by atoms with van der Waals surface area (Å²) in [6, 6.07) is 8.27. The molecule has 3 N–H and O–H groups in total. The second-order valence-corrected chi connectivity index (χ2v) is 6.33. The molecule has 8 heteroatoms. The number of hydrazone groups is 1. The molecule has 0 saturated carbocycles. The van der Waals surface area contributed by atoms with Gasteiger partial charge < -0.3 is 15.2 Å². The number of rotatable bonds is 7. The van der Waals surface area contributed by atoms with Gasteiger partial charge in [-0.3, -0.25) is 0 Å². The van der Waals surface area contributed by atoms with Gasteiger partial charge in [-0.05, 0) is 49.2 Å². The van der Waals surface area contributed by atoms with E-state index in [1.54, 1.807) is 12.1 Å². The van der Waals surface area contributed by atoms with Crippen LogP contribution in [0, 0.1) is 13.8 Å². The second kappa shape index (κ2) is 9.31. The number of aryl methyl sites for hydroxylation is 2. The Bertz CT molecular complexity index is 826. The first-order valence-electron chi connectivity index (χ1n) is 7.77. The van der Waals surface area contributed by atoms with E-state index in [2.05, 4.69) is 10.5 Å². The second-order valence-electron chi connectivity index (χ2n) is 5.48. The Hall–Kier alpha value is -2.44. The fourth-order valence-electron chi connectivity index (χ4n) is 2.10. The Morgan fingerprint density at radius 3 is 2.58 bits per heavy atom. The minimum Gasteiger partial charge on any atom is -0.490 e. The van der Waals surface area contributed by atoms with Crippen molar-refractivity contribution in [1.82, 2.24) is 5.43 Å². The molecule has 6 nitrogen and oxygen atoms in total. The number of carbonyl (C=O) groups is 1. The third kappa shape index (κ3) is 5.82. The Morgan fingerprint density at radius 1 is 1.15 bits per heavy atom. The molecule has 0 heterocycles. The zero-order valence-electron chi connectivity index (χ0n) is 14.4. The molecule has 2 aromatic carbocycles. The molecule has 0 bridgehead atoms. The van der Waals surface area contributed by atoms with Crippen molar-refractivity contribution in [3.63, 3.8) is 0 Å². The molecule has 138 valence electrons. The Kier molecular flexibility index (Phi) is 7.12. The van der Waals surface area contributed by atoms with Crippen LogP contribution in [0.2, 0.25) is 10.0 Å². The number of nitrogens with zero attached hydrogens (tertiary/aromatic N) is 1. The summed E-state index contributed by atoms with van der Waals surface area (Å²) in [5.74, 6) is 1.15. The average molecular weight is 396 g/mol. The molecule has 0 unspecified atom stereocenters. The lowest BCUT2D eigenvalue weighted by Crippen LogP contribution is -2.24. The Labute approximate surface area is 161 Å². The fraction of sp³-hybridized carbons (Fsp3) is 0.222. The SMILES string of the molecule is Cc1ccc(OCCOc2c(Cl)cc(Cl)cc2/C=N\NC(N)=O)cc1C. The van der Waals surface area contributed by atoms with Gasteiger partial charge in [0, 0.05) is 10.6 Å². The van der Waals surface area contributed by atoms with E-state index in [0.29, 0.717) is 28.0 Å². The minimum atomic E-state index is -0.779. The van der Waals surface area contributed by atoms with Crippen molar-refractivity contribution in [2.75, 3.05) is 13.2 Å². The van der Waals surface area contributed by atoms with Gasteiger partial charge in [0.2, 0.25) is 0 Å². The molecular formula is C18H19Cl2N3O3. The van der Waals surface area contributed by atoms with Crippen molar-refractivity contribution in [3.8, 4) is 11.5 Å². The summed E-state index contributed by atoms with van der Waals surface area (Å²) in [5.41, 5.74) is 9.93. The van der Waals surface area contributed by atoms with Crippen LogP contribution in [0.15, 0.2) is 35.4 Å². The molecule has 0 aliphatic heterocycles. The molecule has 0 aliphatic rings. The predicted molar refractivity (Wildman–Crippen MR) is 104 cm³/mol. The van der Waals surface area contributed by atoms with Crippen LogP contribution in [-0.2, 0) is 0 Å². The molecule has 0 fully saturated rings. The number of carbonyl (C=O) groups excluding carboxylic acids is 1. The van der Waals surface area contributed by atoms with E-state index < -0.39 is 6.03 Å². The molecule has 0 atom stereocenters. The standard InChI is InChI=1S/C18H19Cl2N3O3/c1-11-3-4-15(7-12(11)2)25-5-6-26-17-13(10-22-23-18(21)24)8-14(19)9-16(17)20/h3-4,7-10H,5-6H2,1-2H3,(H3,21,23,24)/b22-10-. The first-order valence-corrected chi connectivity index (χ1v) is 8.53. The largest absolute Gasteiger partial charge is 0.490 e.